The number of nitrogens with zero attached hydrogens (tertiary/aromatic N) is 2. The number of aliphatic hydroxyl groups is 1. The first kappa shape index (κ1) is 25.3. The Labute approximate surface area is 211 Å². The highest BCUT2D eigenvalue weighted by Gasteiger charge is 2.20. The summed E-state index contributed by atoms with van der Waals surface area (Å²) >= 11 is 0. The molecule has 0 bridgehead atoms. The number of hydrogen-bond donors (Lipinski definition) is 5. The monoisotopic (exact) mass is 486 g/mol. The minimum Gasteiger partial charge on any atom is -0.505 e. The van der Waals surface area contributed by atoms with Crippen molar-refractivity contribution in [2.24, 2.45) is 0 Å². The standard InChI is InChI=1S/C28H34N6O2/c1-3-5-18(4-2)22-12-20(15-33-28(22)36)24-16-32-27(30)26(34-24)25(35)13-23(29)19-8-6-17(7-9-19)14-31-21-10-11-21/h6-9,12-13,15-16,18,21,29,31,35H,3-5,10-11,14H2,1-2H3,(H2,30,32)(H,33,36)/b25-13-,29-23?. The number of nitrogens with one attached hydrogen (secondary N) is 3. The normalized spacial score (nSPS) is 14.6. The van der Waals surface area contributed by atoms with Gasteiger partial charge in [-0.1, -0.05) is 44.5 Å². The second-order valence-electron chi connectivity index (χ2n) is 9.35. The maximum atomic E-state index is 12.5. The van der Waals surface area contributed by atoms with Crippen LogP contribution in [0.2, 0.25) is 0 Å². The number of H-pyrrole nitrogens is 1. The van der Waals surface area contributed by atoms with Gasteiger partial charge in [0.05, 0.1) is 17.6 Å². The van der Waals surface area contributed by atoms with E-state index in [1.54, 1.807) is 6.20 Å². The van der Waals surface area contributed by atoms with Crippen molar-refractivity contribution in [1.29, 1.82) is 5.41 Å². The van der Waals surface area contributed by atoms with Gasteiger partial charge in [0.15, 0.2) is 5.82 Å². The fourth-order valence-corrected chi connectivity index (χ4v) is 4.25. The van der Waals surface area contributed by atoms with E-state index in [1.807, 2.05) is 30.3 Å². The van der Waals surface area contributed by atoms with E-state index in [1.165, 1.54) is 25.1 Å². The molecule has 1 aliphatic carbocycles. The smallest absolute Gasteiger partial charge is 0.251 e. The summed E-state index contributed by atoms with van der Waals surface area (Å²) in [5, 5.41) is 22.7. The summed E-state index contributed by atoms with van der Waals surface area (Å²) in [4.78, 5) is 24.0. The molecule has 0 radical (unpaired) electrons. The Bertz CT molecular complexity index is 1310. The Morgan fingerprint density at radius 2 is 2.06 bits per heavy atom. The van der Waals surface area contributed by atoms with Crippen LogP contribution in [0.4, 0.5) is 5.82 Å². The van der Waals surface area contributed by atoms with Crippen LogP contribution in [0.3, 0.4) is 0 Å². The topological polar surface area (TPSA) is 141 Å². The average Bonchev–Trinajstić information content (AvgIpc) is 3.72. The molecular formula is C28H34N6O2. The van der Waals surface area contributed by atoms with Crippen molar-refractivity contribution in [1.82, 2.24) is 20.3 Å². The third-order valence-electron chi connectivity index (χ3n) is 6.56. The van der Waals surface area contributed by atoms with Crippen LogP contribution in [0.15, 0.2) is 53.6 Å². The summed E-state index contributed by atoms with van der Waals surface area (Å²) in [6.45, 7) is 4.98. The lowest BCUT2D eigenvalue weighted by Gasteiger charge is -2.14. The molecule has 1 unspecified atom stereocenters. The van der Waals surface area contributed by atoms with E-state index in [0.29, 0.717) is 28.4 Å². The summed E-state index contributed by atoms with van der Waals surface area (Å²) in [5.74, 6) is -0.0261. The molecule has 3 aromatic rings. The number of aliphatic hydroxyl groups excluding tert-OH is 1. The number of nitrogen functional groups attached to an aromatic ring is 1. The lowest BCUT2D eigenvalue weighted by Crippen LogP contribution is -2.16. The number of pyridine rings is 1. The van der Waals surface area contributed by atoms with Crippen molar-refractivity contribution in [2.75, 3.05) is 5.73 Å². The van der Waals surface area contributed by atoms with Gasteiger partial charge >= 0.3 is 0 Å². The van der Waals surface area contributed by atoms with Crippen LogP contribution in [0.5, 0.6) is 0 Å². The second-order valence-corrected chi connectivity index (χ2v) is 9.35. The fraction of sp³-hybridized carbons (Fsp3) is 0.357. The predicted octanol–water partition coefficient (Wildman–Crippen LogP) is 4.93. The summed E-state index contributed by atoms with van der Waals surface area (Å²) in [7, 11) is 0. The van der Waals surface area contributed by atoms with Crippen LogP contribution in [0, 0.1) is 5.41 Å². The number of rotatable bonds is 11. The lowest BCUT2D eigenvalue weighted by molar-refractivity contribution is 0.509. The highest BCUT2D eigenvalue weighted by atomic mass is 16.3. The SMILES string of the molecule is CCCC(CC)c1cc(-c2cnc(N)c(/C(O)=C/C(=N)c3ccc(CNC4CC4)cc3)n2)c[nH]c1=O. The Balaban J connectivity index is 1.56. The molecule has 6 N–H and O–H groups in total. The zero-order valence-corrected chi connectivity index (χ0v) is 20.8. The molecule has 8 heteroatoms. The minimum atomic E-state index is -0.242. The molecule has 188 valence electrons. The van der Waals surface area contributed by atoms with Crippen LogP contribution in [0.1, 0.15) is 74.3 Å². The zero-order chi connectivity index (χ0) is 25.7. The lowest BCUT2D eigenvalue weighted by atomic mass is 9.92. The van der Waals surface area contributed by atoms with E-state index >= 15 is 0 Å². The highest BCUT2D eigenvalue weighted by Crippen LogP contribution is 2.27. The van der Waals surface area contributed by atoms with Crippen molar-refractivity contribution in [3.63, 3.8) is 0 Å². The Morgan fingerprint density at radius 3 is 2.72 bits per heavy atom. The maximum Gasteiger partial charge on any atom is 0.251 e. The van der Waals surface area contributed by atoms with Crippen molar-refractivity contribution in [3.8, 4) is 11.3 Å². The molecule has 4 rings (SSSR count). The molecule has 2 heterocycles. The Kier molecular flexibility index (Phi) is 7.95. The molecule has 0 saturated heterocycles. The van der Waals surface area contributed by atoms with E-state index in [0.717, 1.165) is 31.4 Å². The number of aromatic nitrogens is 3. The van der Waals surface area contributed by atoms with Gasteiger partial charge in [0.25, 0.3) is 5.56 Å². The van der Waals surface area contributed by atoms with Gasteiger partial charge in [-0.15, -0.1) is 0 Å². The zero-order valence-electron chi connectivity index (χ0n) is 20.8. The van der Waals surface area contributed by atoms with Crippen LogP contribution in [-0.4, -0.2) is 31.8 Å². The molecule has 1 saturated carbocycles. The maximum absolute atomic E-state index is 12.5. The summed E-state index contributed by atoms with van der Waals surface area (Å²) in [5.41, 5.74) is 9.85. The summed E-state index contributed by atoms with van der Waals surface area (Å²) in [6, 6.07) is 10.2. The van der Waals surface area contributed by atoms with Crippen molar-refractivity contribution in [2.45, 2.75) is 64.5 Å². The minimum absolute atomic E-state index is 0.0591. The molecule has 0 spiro atoms. The first-order chi connectivity index (χ1) is 17.4. The third-order valence-corrected chi connectivity index (χ3v) is 6.56. The predicted molar refractivity (Wildman–Crippen MR) is 144 cm³/mol. The van der Waals surface area contributed by atoms with Gasteiger partial charge < -0.3 is 26.6 Å². The van der Waals surface area contributed by atoms with E-state index in [-0.39, 0.29) is 34.5 Å². The van der Waals surface area contributed by atoms with Gasteiger partial charge in [0, 0.05) is 36.0 Å². The number of anilines is 1. The van der Waals surface area contributed by atoms with Crippen LogP contribution < -0.4 is 16.6 Å². The number of aromatic amines is 1. The van der Waals surface area contributed by atoms with Gasteiger partial charge in [-0.25, -0.2) is 9.97 Å². The number of benzene rings is 1. The van der Waals surface area contributed by atoms with Crippen LogP contribution in [-0.2, 0) is 6.54 Å². The Morgan fingerprint density at radius 1 is 1.31 bits per heavy atom. The van der Waals surface area contributed by atoms with E-state index in [4.69, 9.17) is 11.1 Å². The van der Waals surface area contributed by atoms with Gasteiger partial charge in [0.2, 0.25) is 0 Å². The van der Waals surface area contributed by atoms with Crippen LogP contribution >= 0.6 is 0 Å². The molecular weight excluding hydrogens is 452 g/mol. The number of allylic oxidation sites excluding steroid dienone is 1. The summed E-state index contributed by atoms with van der Waals surface area (Å²) in [6.07, 6.45) is 9.69. The summed E-state index contributed by atoms with van der Waals surface area (Å²) < 4.78 is 0. The average molecular weight is 487 g/mol. The van der Waals surface area contributed by atoms with E-state index in [9.17, 15) is 9.90 Å². The van der Waals surface area contributed by atoms with Crippen molar-refractivity contribution >= 4 is 17.3 Å². The fourth-order valence-electron chi connectivity index (χ4n) is 4.25. The third kappa shape index (κ3) is 6.07. The number of nitrogens with two attached hydrogens (primary N) is 1. The second kappa shape index (κ2) is 11.3. The molecule has 0 amide bonds. The Hall–Kier alpha value is -3.78. The van der Waals surface area contributed by atoms with Gasteiger partial charge in [-0.05, 0) is 48.8 Å². The van der Waals surface area contributed by atoms with E-state index < -0.39 is 0 Å². The van der Waals surface area contributed by atoms with Crippen molar-refractivity contribution < 1.29 is 5.11 Å². The molecule has 36 heavy (non-hydrogen) atoms. The van der Waals surface area contributed by atoms with Gasteiger partial charge in [-0.2, -0.15) is 0 Å². The molecule has 2 aromatic heterocycles. The molecule has 1 aromatic carbocycles. The molecule has 1 fully saturated rings. The largest absolute Gasteiger partial charge is 0.505 e. The quantitative estimate of drug-likeness (QED) is 0.192. The number of hydrogen-bond acceptors (Lipinski definition) is 7. The van der Waals surface area contributed by atoms with Crippen LogP contribution in [0.25, 0.3) is 17.0 Å². The highest BCUT2D eigenvalue weighted by molar-refractivity contribution is 6.09. The molecule has 8 nitrogen and oxygen atoms in total. The first-order valence-electron chi connectivity index (χ1n) is 12.6. The van der Waals surface area contributed by atoms with Gasteiger partial charge in [0.1, 0.15) is 11.5 Å². The molecule has 1 aliphatic rings. The molecule has 0 aliphatic heterocycles. The first-order valence-corrected chi connectivity index (χ1v) is 12.6. The molecule has 1 atom stereocenters. The van der Waals surface area contributed by atoms with E-state index in [2.05, 4.69) is 34.1 Å². The van der Waals surface area contributed by atoms with Crippen molar-refractivity contribution in [3.05, 3.63) is 81.5 Å². The van der Waals surface area contributed by atoms with Gasteiger partial charge in [-0.3, -0.25) is 4.79 Å².